The summed E-state index contributed by atoms with van der Waals surface area (Å²) in [5.74, 6) is 0.119. The molecule has 168 valence electrons. The van der Waals surface area contributed by atoms with E-state index < -0.39 is 0 Å². The summed E-state index contributed by atoms with van der Waals surface area (Å²) in [6, 6.07) is 25.1. The summed E-state index contributed by atoms with van der Waals surface area (Å²) in [5, 5.41) is 0. The van der Waals surface area contributed by atoms with Gasteiger partial charge in [0.2, 0.25) is 0 Å². The zero-order valence-corrected chi connectivity index (χ0v) is 19.6. The monoisotopic (exact) mass is 436 g/mol. The van der Waals surface area contributed by atoms with Crippen molar-refractivity contribution in [1.82, 2.24) is 4.90 Å². The summed E-state index contributed by atoms with van der Waals surface area (Å²) in [5.41, 5.74) is 6.94. The molecule has 0 radical (unpaired) electrons. The van der Waals surface area contributed by atoms with Gasteiger partial charge in [-0.15, -0.1) is 0 Å². The minimum absolute atomic E-state index is 0.0560. The summed E-state index contributed by atoms with van der Waals surface area (Å²) in [6.45, 7) is 8.06. The Bertz CT molecular complexity index is 1170. The van der Waals surface area contributed by atoms with Crippen LogP contribution in [0.5, 0.6) is 0 Å². The Balaban J connectivity index is 1.33. The largest absolute Gasteiger partial charge is 0.307 e. The van der Waals surface area contributed by atoms with Gasteiger partial charge < -0.3 is 4.90 Å². The van der Waals surface area contributed by atoms with Crippen molar-refractivity contribution in [1.29, 1.82) is 0 Å². The summed E-state index contributed by atoms with van der Waals surface area (Å²) < 4.78 is 0. The van der Waals surface area contributed by atoms with E-state index in [-0.39, 0.29) is 11.3 Å². The Kier molecular flexibility index (Phi) is 5.90. The highest BCUT2D eigenvalue weighted by Crippen LogP contribution is 2.47. The molecule has 5 rings (SSSR count). The molecule has 0 aromatic heterocycles. The highest BCUT2D eigenvalue weighted by Gasteiger charge is 2.46. The van der Waals surface area contributed by atoms with E-state index in [1.807, 2.05) is 36.1 Å². The standard InChI is InChI=1S/C30H32N2O/c1-23-8-6-12-26(20-23)29(33)32-22-30(27-21-24(2)13-14-28(27)32)15-18-31(19-16-30)17-7-11-25-9-4-3-5-10-25/h3-14,20-21H,15-19,22H2,1-2H3. The van der Waals surface area contributed by atoms with Gasteiger partial charge in [-0.05, 0) is 69.1 Å². The fourth-order valence-corrected chi connectivity index (χ4v) is 5.39. The first-order valence-electron chi connectivity index (χ1n) is 12.0. The minimum Gasteiger partial charge on any atom is -0.307 e. The fraction of sp³-hybridized carbons (Fsp3) is 0.300. The predicted molar refractivity (Wildman–Crippen MR) is 137 cm³/mol. The van der Waals surface area contributed by atoms with Gasteiger partial charge in [0.1, 0.15) is 0 Å². The molecule has 1 amide bonds. The average molecular weight is 437 g/mol. The van der Waals surface area contributed by atoms with E-state index >= 15 is 0 Å². The smallest absolute Gasteiger partial charge is 0.258 e. The number of carbonyl (C=O) groups excluding carboxylic acids is 1. The second kappa shape index (κ2) is 8.99. The second-order valence-electron chi connectivity index (χ2n) is 9.68. The quantitative estimate of drug-likeness (QED) is 0.500. The van der Waals surface area contributed by atoms with Gasteiger partial charge in [0.25, 0.3) is 5.91 Å². The van der Waals surface area contributed by atoms with Gasteiger partial charge in [-0.1, -0.05) is 77.9 Å². The fourth-order valence-electron chi connectivity index (χ4n) is 5.39. The third kappa shape index (κ3) is 4.38. The lowest BCUT2D eigenvalue weighted by Crippen LogP contribution is -2.46. The molecule has 3 heteroatoms. The number of hydrogen-bond acceptors (Lipinski definition) is 2. The van der Waals surface area contributed by atoms with Crippen LogP contribution in [0.4, 0.5) is 5.69 Å². The van der Waals surface area contributed by atoms with Gasteiger partial charge in [-0.3, -0.25) is 9.69 Å². The Labute approximate surface area is 197 Å². The maximum atomic E-state index is 13.5. The molecule has 0 atom stereocenters. The molecule has 0 unspecified atom stereocenters. The molecule has 0 N–H and O–H groups in total. The van der Waals surface area contributed by atoms with Crippen molar-refractivity contribution < 1.29 is 4.79 Å². The Hall–Kier alpha value is -3.17. The number of amides is 1. The molecule has 1 spiro atoms. The Morgan fingerprint density at radius 1 is 0.909 bits per heavy atom. The van der Waals surface area contributed by atoms with E-state index in [9.17, 15) is 4.79 Å². The number of likely N-dealkylation sites (tertiary alicyclic amines) is 1. The molecule has 3 aromatic carbocycles. The minimum atomic E-state index is 0.0560. The number of hydrogen-bond donors (Lipinski definition) is 0. The van der Waals surface area contributed by atoms with Gasteiger partial charge >= 0.3 is 0 Å². The maximum absolute atomic E-state index is 13.5. The highest BCUT2D eigenvalue weighted by molar-refractivity contribution is 6.07. The van der Waals surface area contributed by atoms with Crippen molar-refractivity contribution in [2.75, 3.05) is 31.1 Å². The van der Waals surface area contributed by atoms with Crippen LogP contribution in [0.1, 0.15) is 45.5 Å². The summed E-state index contributed by atoms with van der Waals surface area (Å²) in [6.07, 6.45) is 6.65. The molecule has 33 heavy (non-hydrogen) atoms. The molecular weight excluding hydrogens is 404 g/mol. The highest BCUT2D eigenvalue weighted by atomic mass is 16.2. The van der Waals surface area contributed by atoms with Gasteiger partial charge in [0.15, 0.2) is 0 Å². The third-order valence-corrected chi connectivity index (χ3v) is 7.27. The summed E-state index contributed by atoms with van der Waals surface area (Å²) >= 11 is 0. The lowest BCUT2D eigenvalue weighted by Gasteiger charge is -2.39. The molecular formula is C30H32N2O. The first kappa shape index (κ1) is 21.7. The number of aryl methyl sites for hydroxylation is 2. The van der Waals surface area contributed by atoms with Crippen LogP contribution in [-0.4, -0.2) is 37.0 Å². The first-order valence-corrected chi connectivity index (χ1v) is 12.0. The number of piperidine rings is 1. The van der Waals surface area contributed by atoms with Crippen LogP contribution in [0.3, 0.4) is 0 Å². The zero-order chi connectivity index (χ0) is 22.8. The van der Waals surface area contributed by atoms with Crippen molar-refractivity contribution in [2.45, 2.75) is 32.1 Å². The number of rotatable bonds is 4. The molecule has 1 saturated heterocycles. The number of anilines is 1. The molecule has 2 aliphatic heterocycles. The molecule has 2 heterocycles. The van der Waals surface area contributed by atoms with Crippen molar-refractivity contribution in [3.63, 3.8) is 0 Å². The molecule has 2 aliphatic rings. The zero-order valence-electron chi connectivity index (χ0n) is 19.6. The number of fused-ring (bicyclic) bond motifs is 2. The van der Waals surface area contributed by atoms with Crippen LogP contribution in [0.2, 0.25) is 0 Å². The maximum Gasteiger partial charge on any atom is 0.258 e. The van der Waals surface area contributed by atoms with Gasteiger partial charge in [-0.2, -0.15) is 0 Å². The SMILES string of the molecule is Cc1cccc(C(=O)N2CC3(CCN(CC=Cc4ccccc4)CC3)c3cc(C)ccc32)c1. The predicted octanol–water partition coefficient (Wildman–Crippen LogP) is 6.01. The van der Waals surface area contributed by atoms with E-state index in [4.69, 9.17) is 0 Å². The van der Waals surface area contributed by atoms with Crippen molar-refractivity contribution in [3.05, 3.63) is 107 Å². The van der Waals surface area contributed by atoms with Crippen LogP contribution in [0.15, 0.2) is 78.9 Å². The lowest BCUT2D eigenvalue weighted by atomic mass is 9.74. The van der Waals surface area contributed by atoms with Crippen LogP contribution >= 0.6 is 0 Å². The summed E-state index contributed by atoms with van der Waals surface area (Å²) in [4.78, 5) is 18.1. The second-order valence-corrected chi connectivity index (χ2v) is 9.68. The first-order chi connectivity index (χ1) is 16.0. The third-order valence-electron chi connectivity index (χ3n) is 7.27. The number of nitrogens with zero attached hydrogens (tertiary/aromatic N) is 2. The number of carbonyl (C=O) groups is 1. The van der Waals surface area contributed by atoms with Crippen molar-refractivity contribution in [2.24, 2.45) is 0 Å². The van der Waals surface area contributed by atoms with Crippen LogP contribution < -0.4 is 4.90 Å². The molecule has 0 aliphatic carbocycles. The van der Waals surface area contributed by atoms with Crippen LogP contribution in [-0.2, 0) is 5.41 Å². The van der Waals surface area contributed by atoms with Gasteiger partial charge in [-0.25, -0.2) is 0 Å². The van der Waals surface area contributed by atoms with E-state index in [0.717, 1.165) is 55.8 Å². The molecule has 3 aromatic rings. The van der Waals surface area contributed by atoms with E-state index in [0.29, 0.717) is 0 Å². The van der Waals surface area contributed by atoms with Crippen LogP contribution in [0, 0.1) is 13.8 Å². The number of benzene rings is 3. The molecule has 0 bridgehead atoms. The molecule has 0 saturated carbocycles. The Morgan fingerprint density at radius 3 is 2.42 bits per heavy atom. The normalized spacial score (nSPS) is 17.6. The Morgan fingerprint density at radius 2 is 1.67 bits per heavy atom. The molecule has 1 fully saturated rings. The average Bonchev–Trinajstić information content (AvgIpc) is 3.14. The van der Waals surface area contributed by atoms with Gasteiger partial charge in [0, 0.05) is 29.8 Å². The summed E-state index contributed by atoms with van der Waals surface area (Å²) in [7, 11) is 0. The van der Waals surface area contributed by atoms with E-state index in [1.54, 1.807) is 0 Å². The van der Waals surface area contributed by atoms with Crippen LogP contribution in [0.25, 0.3) is 6.08 Å². The van der Waals surface area contributed by atoms with Gasteiger partial charge in [0.05, 0.1) is 0 Å². The topological polar surface area (TPSA) is 23.6 Å². The molecule has 3 nitrogen and oxygen atoms in total. The van der Waals surface area contributed by atoms with Crippen molar-refractivity contribution in [3.8, 4) is 0 Å². The van der Waals surface area contributed by atoms with E-state index in [1.165, 1.54) is 16.7 Å². The van der Waals surface area contributed by atoms with E-state index in [2.05, 4.69) is 72.5 Å². The lowest BCUT2D eigenvalue weighted by molar-refractivity contribution is 0.0977. The van der Waals surface area contributed by atoms with Crippen molar-refractivity contribution >= 4 is 17.7 Å².